The Balaban J connectivity index is 1.47. The summed E-state index contributed by atoms with van der Waals surface area (Å²) in [5.74, 6) is -0.543. The predicted octanol–water partition coefficient (Wildman–Crippen LogP) is 3.82. The van der Waals surface area contributed by atoms with Crippen molar-refractivity contribution in [2.75, 3.05) is 51.8 Å². The summed E-state index contributed by atoms with van der Waals surface area (Å²) in [6.07, 6.45) is 8.78. The third-order valence-electron chi connectivity index (χ3n) is 10.9. The van der Waals surface area contributed by atoms with Crippen LogP contribution in [0.25, 0.3) is 0 Å². The SMILES string of the molecule is CCNS(=O)(=O)NC(=O)[C@@]1(O)CC(=O)N(C)CC/C=C\[C@H](OC)[C@@H]2CC[C@H]2CN2C[C@@]3(CCCc4cc(Cl)ccc43)COc3ccc1cc32. The molecule has 11 nitrogen and oxygen atoms in total. The minimum atomic E-state index is -4.29. The van der Waals surface area contributed by atoms with E-state index in [1.54, 1.807) is 39.3 Å². The number of aryl methyl sites for hydroxylation is 1. The Labute approximate surface area is 294 Å². The molecule has 1 fully saturated rings. The largest absolute Gasteiger partial charge is 0.490 e. The Morgan fingerprint density at radius 3 is 2.76 bits per heavy atom. The quantitative estimate of drug-likeness (QED) is 0.398. The van der Waals surface area contributed by atoms with Gasteiger partial charge in [-0.1, -0.05) is 42.8 Å². The first-order valence-electron chi connectivity index (χ1n) is 17.2. The molecule has 4 aliphatic rings. The Hall–Kier alpha value is -3.16. The maximum absolute atomic E-state index is 13.8. The lowest BCUT2D eigenvalue weighted by molar-refractivity contribution is -0.148. The van der Waals surface area contributed by atoms with E-state index in [9.17, 15) is 23.1 Å². The molecule has 2 aliphatic carbocycles. The minimum absolute atomic E-state index is 0.0323. The zero-order chi connectivity index (χ0) is 35.0. The molecule has 0 aromatic heterocycles. The topological polar surface area (TPSA) is 138 Å². The number of fused-ring (bicyclic) bond motifs is 4. The second-order valence-corrected chi connectivity index (χ2v) is 15.9. The van der Waals surface area contributed by atoms with Crippen molar-refractivity contribution in [1.29, 1.82) is 0 Å². The molecular formula is C36H47ClN4O7S. The minimum Gasteiger partial charge on any atom is -0.490 e. The smallest absolute Gasteiger partial charge is 0.301 e. The monoisotopic (exact) mass is 714 g/mol. The van der Waals surface area contributed by atoms with Crippen molar-refractivity contribution in [2.24, 2.45) is 11.8 Å². The van der Waals surface area contributed by atoms with Crippen molar-refractivity contribution in [3.63, 3.8) is 0 Å². The molecule has 266 valence electrons. The first kappa shape index (κ1) is 35.7. The molecule has 2 aromatic rings. The number of benzene rings is 2. The van der Waals surface area contributed by atoms with Gasteiger partial charge in [0.15, 0.2) is 5.60 Å². The maximum atomic E-state index is 13.8. The number of ether oxygens (including phenoxy) is 2. The fourth-order valence-electron chi connectivity index (χ4n) is 8.03. The average molecular weight is 715 g/mol. The van der Waals surface area contributed by atoms with Gasteiger partial charge in [0.05, 0.1) is 24.8 Å². The Morgan fingerprint density at radius 2 is 2.02 bits per heavy atom. The summed E-state index contributed by atoms with van der Waals surface area (Å²) >= 11 is 6.44. The van der Waals surface area contributed by atoms with E-state index in [1.165, 1.54) is 16.0 Å². The molecule has 49 heavy (non-hydrogen) atoms. The van der Waals surface area contributed by atoms with Gasteiger partial charge in [-0.05, 0) is 91.3 Å². The highest BCUT2D eigenvalue weighted by Crippen LogP contribution is 2.47. The third-order valence-corrected chi connectivity index (χ3v) is 12.2. The Morgan fingerprint density at radius 1 is 1.20 bits per heavy atom. The van der Waals surface area contributed by atoms with Gasteiger partial charge in [0, 0.05) is 50.8 Å². The number of hydrogen-bond donors (Lipinski definition) is 3. The van der Waals surface area contributed by atoms with E-state index in [4.69, 9.17) is 21.1 Å². The van der Waals surface area contributed by atoms with Gasteiger partial charge in [0.1, 0.15) is 5.75 Å². The number of hydrogen-bond acceptors (Lipinski definition) is 8. The molecule has 2 amide bonds. The summed E-state index contributed by atoms with van der Waals surface area (Å²) in [6.45, 7) is 3.68. The van der Waals surface area contributed by atoms with Gasteiger partial charge in [-0.25, -0.2) is 4.72 Å². The highest BCUT2D eigenvalue weighted by Gasteiger charge is 2.47. The highest BCUT2D eigenvalue weighted by atomic mass is 35.5. The number of anilines is 1. The van der Waals surface area contributed by atoms with Crippen molar-refractivity contribution in [3.05, 3.63) is 70.3 Å². The summed E-state index contributed by atoms with van der Waals surface area (Å²) in [5, 5.41) is 12.9. The van der Waals surface area contributed by atoms with Gasteiger partial charge in [-0.2, -0.15) is 13.1 Å². The van der Waals surface area contributed by atoms with Crippen LogP contribution in [0.3, 0.4) is 0 Å². The van der Waals surface area contributed by atoms with Crippen LogP contribution in [0.5, 0.6) is 5.75 Å². The maximum Gasteiger partial charge on any atom is 0.301 e. The molecular weight excluding hydrogens is 668 g/mol. The number of nitrogens with one attached hydrogen (secondary N) is 2. The lowest BCUT2D eigenvalue weighted by Gasteiger charge is -2.46. The molecule has 5 atom stereocenters. The molecule has 3 N–H and O–H groups in total. The number of halogens is 1. The van der Waals surface area contributed by atoms with E-state index < -0.39 is 34.0 Å². The number of methoxy groups -OCH3 is 1. The predicted molar refractivity (Wildman–Crippen MR) is 188 cm³/mol. The molecule has 2 aromatic carbocycles. The van der Waals surface area contributed by atoms with Gasteiger partial charge in [-0.15, -0.1) is 0 Å². The zero-order valence-corrected chi connectivity index (χ0v) is 30.0. The molecule has 2 aliphatic heterocycles. The fraction of sp³-hybridized carbons (Fsp3) is 0.556. The van der Waals surface area contributed by atoms with Crippen LogP contribution in [0.4, 0.5) is 5.69 Å². The highest BCUT2D eigenvalue weighted by molar-refractivity contribution is 7.88. The number of amides is 2. The summed E-state index contributed by atoms with van der Waals surface area (Å²) in [4.78, 5) is 31.1. The summed E-state index contributed by atoms with van der Waals surface area (Å²) in [6, 6.07) is 11.1. The van der Waals surface area contributed by atoms with Crippen LogP contribution in [0.15, 0.2) is 48.6 Å². The molecule has 2 bridgehead atoms. The van der Waals surface area contributed by atoms with Gasteiger partial charge >= 0.3 is 10.2 Å². The molecule has 0 saturated heterocycles. The number of carbonyl (C=O) groups is 2. The Bertz CT molecular complexity index is 1720. The number of carbonyl (C=O) groups excluding carboxylic acids is 2. The second kappa shape index (κ2) is 14.2. The lowest BCUT2D eigenvalue weighted by Crippen LogP contribution is -2.52. The fourth-order valence-corrected chi connectivity index (χ4v) is 9.09. The molecule has 1 saturated carbocycles. The number of nitrogens with zero attached hydrogens (tertiary/aromatic N) is 2. The number of aliphatic hydroxyl groups is 1. The molecule has 6 rings (SSSR count). The number of rotatable bonds is 5. The van der Waals surface area contributed by atoms with Gasteiger partial charge < -0.3 is 24.4 Å². The van der Waals surface area contributed by atoms with E-state index in [-0.39, 0.29) is 29.5 Å². The molecule has 1 spiro atoms. The lowest BCUT2D eigenvalue weighted by atomic mass is 9.68. The van der Waals surface area contributed by atoms with Crippen LogP contribution in [0.2, 0.25) is 5.02 Å². The first-order chi connectivity index (χ1) is 23.4. The zero-order valence-electron chi connectivity index (χ0n) is 28.4. The van der Waals surface area contributed by atoms with Crippen molar-refractivity contribution < 1.29 is 32.6 Å². The van der Waals surface area contributed by atoms with Gasteiger partial charge in [0.2, 0.25) is 5.91 Å². The van der Waals surface area contributed by atoms with E-state index in [0.29, 0.717) is 55.0 Å². The Kier molecular flexibility index (Phi) is 10.4. The van der Waals surface area contributed by atoms with Crippen LogP contribution in [0.1, 0.15) is 62.1 Å². The summed E-state index contributed by atoms with van der Waals surface area (Å²) in [7, 11) is -0.956. The van der Waals surface area contributed by atoms with E-state index >= 15 is 0 Å². The molecule has 2 heterocycles. The summed E-state index contributed by atoms with van der Waals surface area (Å²) in [5.41, 5.74) is 0.363. The molecule has 0 radical (unpaired) electrons. The van der Waals surface area contributed by atoms with Crippen molar-refractivity contribution >= 4 is 39.3 Å². The standard InChI is InChI=1S/C36H47ClN4O7S/c1-4-38-49(45,46)39-34(43)36(44)20-33(42)40(2)17-6-5-9-31(47-3)28-13-10-25(28)21-41-22-35(23-48-32-15-11-26(36)19-30(32)41)16-7-8-24-18-27(37)12-14-29(24)35/h5,9,11-12,14-15,18-19,25,28,31,38,44H,4,6-8,10,13,16-17,20-23H2,1-3H3,(H,39,43)/b9-5-/t25-,28+,31-,35-,36+/m0/s1. The molecule has 13 heteroatoms. The van der Waals surface area contributed by atoms with Crippen molar-refractivity contribution in [2.45, 2.75) is 69.0 Å². The molecule has 0 unspecified atom stereocenters. The van der Waals surface area contributed by atoms with Crippen LogP contribution in [0, 0.1) is 11.8 Å². The van der Waals surface area contributed by atoms with Crippen molar-refractivity contribution in [3.8, 4) is 5.75 Å². The first-order valence-corrected chi connectivity index (χ1v) is 19.0. The van der Waals surface area contributed by atoms with Crippen LogP contribution < -0.4 is 19.1 Å². The third kappa shape index (κ3) is 7.21. The average Bonchev–Trinajstić information content (AvgIpc) is 3.20. The van der Waals surface area contributed by atoms with Crippen molar-refractivity contribution in [1.82, 2.24) is 14.3 Å². The normalized spacial score (nSPS) is 29.6. The van der Waals surface area contributed by atoms with E-state index in [0.717, 1.165) is 32.1 Å². The van der Waals surface area contributed by atoms with Gasteiger partial charge in [0.25, 0.3) is 5.91 Å². The van der Waals surface area contributed by atoms with Crippen LogP contribution in [-0.4, -0.2) is 83.3 Å². The van der Waals surface area contributed by atoms with Crippen LogP contribution >= 0.6 is 11.6 Å². The second-order valence-electron chi connectivity index (χ2n) is 14.0. The van der Waals surface area contributed by atoms with Crippen LogP contribution in [-0.2, 0) is 42.0 Å². The van der Waals surface area contributed by atoms with Gasteiger partial charge in [-0.3, -0.25) is 9.59 Å². The summed E-state index contributed by atoms with van der Waals surface area (Å²) < 4.78 is 42.1. The van der Waals surface area contributed by atoms with E-state index in [1.807, 2.05) is 22.9 Å². The van der Waals surface area contributed by atoms with E-state index in [2.05, 4.69) is 21.8 Å².